The summed E-state index contributed by atoms with van der Waals surface area (Å²) in [6, 6.07) is 0. The molecule has 1 saturated heterocycles. The molecule has 1 aliphatic heterocycles. The van der Waals surface area contributed by atoms with Crippen LogP contribution >= 0.6 is 11.8 Å². The van der Waals surface area contributed by atoms with E-state index in [0.29, 0.717) is 0 Å². The average molecular weight is 208 g/mol. The van der Waals surface area contributed by atoms with Gasteiger partial charge in [0.1, 0.15) is 5.75 Å². The van der Waals surface area contributed by atoms with Crippen LogP contribution in [-0.2, 0) is 14.6 Å². The van der Waals surface area contributed by atoms with Crippen LogP contribution in [0.25, 0.3) is 0 Å². The van der Waals surface area contributed by atoms with Crippen molar-refractivity contribution in [2.24, 2.45) is 0 Å². The highest BCUT2D eigenvalue weighted by molar-refractivity contribution is 8.01. The first kappa shape index (κ1) is 10.1. The quantitative estimate of drug-likeness (QED) is 0.677. The summed E-state index contributed by atoms with van der Waals surface area (Å²) in [5.74, 6) is 0.574. The van der Waals surface area contributed by atoms with Crippen LogP contribution in [-0.4, -0.2) is 37.2 Å². The zero-order chi connectivity index (χ0) is 9.19. The average Bonchev–Trinajstić information content (AvgIpc) is 2.32. The molecular weight excluding hydrogens is 196 g/mol. The van der Waals surface area contributed by atoms with Crippen LogP contribution in [0.5, 0.6) is 0 Å². The lowest BCUT2D eigenvalue weighted by atomic mass is 10.2. The highest BCUT2D eigenvalue weighted by Gasteiger charge is 2.25. The zero-order valence-electron chi connectivity index (χ0n) is 6.95. The Morgan fingerprint density at radius 2 is 2.25 bits per heavy atom. The molecule has 70 valence electrons. The second-order valence-corrected chi connectivity index (χ2v) is 6.49. The highest BCUT2D eigenvalue weighted by Crippen LogP contribution is 2.26. The maximum Gasteiger partial charge on any atom is 0.160 e. The first-order chi connectivity index (χ1) is 5.49. The predicted molar refractivity (Wildman–Crippen MR) is 50.2 cm³/mol. The smallest absolute Gasteiger partial charge is 0.160 e. The molecule has 0 saturated carbocycles. The second-order valence-electron chi connectivity index (χ2n) is 3.04. The number of hydrogen-bond acceptors (Lipinski definition) is 4. The van der Waals surface area contributed by atoms with E-state index in [9.17, 15) is 13.2 Å². The summed E-state index contributed by atoms with van der Waals surface area (Å²) >= 11 is 1.58. The van der Waals surface area contributed by atoms with Gasteiger partial charge in [0.2, 0.25) is 0 Å². The Balaban J connectivity index is 2.48. The van der Waals surface area contributed by atoms with Gasteiger partial charge in [-0.3, -0.25) is 4.79 Å². The molecule has 1 fully saturated rings. The number of carbonyl (C=O) groups is 1. The van der Waals surface area contributed by atoms with Gasteiger partial charge in [-0.15, -0.1) is 0 Å². The Hall–Kier alpha value is -0.0300. The summed E-state index contributed by atoms with van der Waals surface area (Å²) in [6.07, 6.45) is 2.98. The normalized spacial score (nSPS) is 24.2. The molecule has 0 radical (unpaired) electrons. The molecule has 1 atom stereocenters. The molecule has 1 aliphatic rings. The van der Waals surface area contributed by atoms with Crippen molar-refractivity contribution in [2.45, 2.75) is 18.1 Å². The molecule has 0 bridgehead atoms. The van der Waals surface area contributed by atoms with Gasteiger partial charge in [-0.05, 0) is 18.6 Å². The van der Waals surface area contributed by atoms with E-state index in [4.69, 9.17) is 0 Å². The number of hydrogen-bond donors (Lipinski definition) is 0. The van der Waals surface area contributed by atoms with Gasteiger partial charge in [-0.1, -0.05) is 0 Å². The molecule has 12 heavy (non-hydrogen) atoms. The Morgan fingerprint density at radius 3 is 2.67 bits per heavy atom. The third kappa shape index (κ3) is 3.15. The summed E-state index contributed by atoms with van der Waals surface area (Å²) in [5, 5.41) is -0.0558. The fourth-order valence-corrected chi connectivity index (χ4v) is 3.23. The van der Waals surface area contributed by atoms with E-state index in [1.165, 1.54) is 0 Å². The number of thioether (sulfide) groups is 1. The Bertz CT molecular complexity index is 262. The molecule has 0 aliphatic carbocycles. The van der Waals surface area contributed by atoms with Crippen LogP contribution in [0.4, 0.5) is 0 Å². The predicted octanol–water partition coefficient (Wildman–Crippen LogP) is 0.496. The number of rotatable bonds is 3. The van der Waals surface area contributed by atoms with E-state index >= 15 is 0 Å². The minimum atomic E-state index is -3.12. The summed E-state index contributed by atoms with van der Waals surface area (Å²) in [5.41, 5.74) is 0. The van der Waals surface area contributed by atoms with E-state index in [1.807, 2.05) is 0 Å². The zero-order valence-corrected chi connectivity index (χ0v) is 8.58. The minimum Gasteiger partial charge on any atom is -0.297 e. The van der Waals surface area contributed by atoms with Crippen molar-refractivity contribution in [3.05, 3.63) is 0 Å². The van der Waals surface area contributed by atoms with Crippen molar-refractivity contribution in [2.75, 3.05) is 17.8 Å². The van der Waals surface area contributed by atoms with Crippen molar-refractivity contribution < 1.29 is 13.2 Å². The lowest BCUT2D eigenvalue weighted by Crippen LogP contribution is -2.23. The maximum absolute atomic E-state index is 11.3. The third-order valence-corrected chi connectivity index (χ3v) is 3.93. The van der Waals surface area contributed by atoms with E-state index in [2.05, 4.69) is 0 Å². The summed E-state index contributed by atoms with van der Waals surface area (Å²) in [4.78, 5) is 11.3. The van der Waals surface area contributed by atoms with E-state index in [1.54, 1.807) is 11.8 Å². The van der Waals surface area contributed by atoms with Gasteiger partial charge in [0.15, 0.2) is 15.6 Å². The standard InChI is InChI=1S/C7H12O3S2/c1-12(9,10)5-6(8)7-3-2-4-11-7/h7H,2-5H2,1H3. The summed E-state index contributed by atoms with van der Waals surface area (Å²) in [6.45, 7) is 0. The second kappa shape index (κ2) is 3.79. The van der Waals surface area contributed by atoms with Crippen LogP contribution in [0, 0.1) is 0 Å². The lowest BCUT2D eigenvalue weighted by Gasteiger charge is -2.04. The topological polar surface area (TPSA) is 51.2 Å². The molecule has 0 aromatic rings. The van der Waals surface area contributed by atoms with Crippen molar-refractivity contribution >= 4 is 27.4 Å². The number of carbonyl (C=O) groups excluding carboxylic acids is 1. The van der Waals surface area contributed by atoms with Gasteiger partial charge in [-0.25, -0.2) is 8.42 Å². The van der Waals surface area contributed by atoms with Crippen molar-refractivity contribution in [3.8, 4) is 0 Å². The summed E-state index contributed by atoms with van der Waals surface area (Å²) in [7, 11) is -3.12. The Labute approximate surface area is 76.8 Å². The van der Waals surface area contributed by atoms with Crippen LogP contribution in [0.2, 0.25) is 0 Å². The third-order valence-electron chi connectivity index (χ3n) is 1.69. The van der Waals surface area contributed by atoms with Crippen molar-refractivity contribution in [3.63, 3.8) is 0 Å². The molecule has 0 N–H and O–H groups in total. The number of sulfone groups is 1. The lowest BCUT2D eigenvalue weighted by molar-refractivity contribution is -0.116. The van der Waals surface area contributed by atoms with Crippen molar-refractivity contribution in [1.82, 2.24) is 0 Å². The molecule has 1 heterocycles. The number of Topliss-reactive ketones (excluding diaryl/α,β-unsaturated/α-hetero) is 1. The Kier molecular flexibility index (Phi) is 3.17. The maximum atomic E-state index is 11.3. The summed E-state index contributed by atoms with van der Waals surface area (Å²) < 4.78 is 21.5. The van der Waals surface area contributed by atoms with E-state index < -0.39 is 9.84 Å². The van der Waals surface area contributed by atoms with E-state index in [0.717, 1.165) is 24.9 Å². The van der Waals surface area contributed by atoms with Crippen LogP contribution in [0.15, 0.2) is 0 Å². The highest BCUT2D eigenvalue weighted by atomic mass is 32.2. The molecule has 0 aromatic carbocycles. The van der Waals surface area contributed by atoms with Gasteiger partial charge in [0.25, 0.3) is 0 Å². The molecule has 3 nitrogen and oxygen atoms in total. The van der Waals surface area contributed by atoms with Gasteiger partial charge in [-0.2, -0.15) is 11.8 Å². The van der Waals surface area contributed by atoms with Crippen LogP contribution < -0.4 is 0 Å². The fourth-order valence-electron chi connectivity index (χ4n) is 1.18. The largest absolute Gasteiger partial charge is 0.297 e. The van der Waals surface area contributed by atoms with Gasteiger partial charge in [0.05, 0.1) is 5.25 Å². The number of ketones is 1. The molecule has 0 spiro atoms. The monoisotopic (exact) mass is 208 g/mol. The van der Waals surface area contributed by atoms with Gasteiger partial charge < -0.3 is 0 Å². The minimum absolute atomic E-state index is 0.0558. The SMILES string of the molecule is CS(=O)(=O)CC(=O)C1CCCS1. The molecular formula is C7H12O3S2. The van der Waals surface area contributed by atoms with Gasteiger partial charge in [0, 0.05) is 6.26 Å². The fraction of sp³-hybridized carbons (Fsp3) is 0.857. The van der Waals surface area contributed by atoms with Crippen LogP contribution in [0.1, 0.15) is 12.8 Å². The molecule has 0 amide bonds. The van der Waals surface area contributed by atoms with Crippen LogP contribution in [0.3, 0.4) is 0 Å². The Morgan fingerprint density at radius 1 is 1.58 bits per heavy atom. The molecule has 1 unspecified atom stereocenters. The van der Waals surface area contributed by atoms with Crippen molar-refractivity contribution in [1.29, 1.82) is 0 Å². The first-order valence-corrected chi connectivity index (χ1v) is 6.92. The first-order valence-electron chi connectivity index (χ1n) is 3.81. The molecule has 0 aromatic heterocycles. The molecule has 5 heteroatoms. The molecule has 1 rings (SSSR count). The van der Waals surface area contributed by atoms with E-state index in [-0.39, 0.29) is 16.8 Å². The van der Waals surface area contributed by atoms with Gasteiger partial charge >= 0.3 is 0 Å².